The van der Waals surface area contributed by atoms with Crippen molar-refractivity contribution >= 4 is 39.9 Å². The summed E-state index contributed by atoms with van der Waals surface area (Å²) in [6.45, 7) is 4.40. The number of pyridine rings is 3. The maximum absolute atomic E-state index is 15.0. The van der Waals surface area contributed by atoms with E-state index >= 15 is 4.39 Å². The number of halogens is 1. The number of aromatic carboxylic acids is 1. The van der Waals surface area contributed by atoms with Gasteiger partial charge in [0.2, 0.25) is 5.43 Å². The summed E-state index contributed by atoms with van der Waals surface area (Å²) in [5.41, 5.74) is 1.37. The van der Waals surface area contributed by atoms with Crippen molar-refractivity contribution in [3.63, 3.8) is 0 Å². The molecule has 0 amide bonds. The molecule has 0 radical (unpaired) electrons. The molecular weight excluding hydrogens is 473 g/mol. The van der Waals surface area contributed by atoms with Gasteiger partial charge in [0.1, 0.15) is 11.3 Å². The fraction of sp³-hybridized carbons (Fsp3) is 0.250. The lowest BCUT2D eigenvalue weighted by molar-refractivity contribution is -0.123. The zero-order valence-corrected chi connectivity index (χ0v) is 19.7. The van der Waals surface area contributed by atoms with Crippen LogP contribution in [0.4, 0.5) is 10.2 Å². The van der Waals surface area contributed by atoms with Crippen molar-refractivity contribution in [2.75, 3.05) is 18.0 Å². The Hall–Kier alpha value is -3.99. The molecular formula is C24H20FN5O4S. The number of carbonyl (C=O) groups is 2. The maximum Gasteiger partial charge on any atom is 0.341 e. The van der Waals surface area contributed by atoms with Gasteiger partial charge in [-0.3, -0.25) is 19.1 Å². The molecule has 0 spiro atoms. The molecule has 5 rings (SSSR count). The summed E-state index contributed by atoms with van der Waals surface area (Å²) in [7, 11) is 0. The second kappa shape index (κ2) is 8.66. The number of rotatable bonds is 6. The van der Waals surface area contributed by atoms with Crippen molar-refractivity contribution in [3.8, 4) is 5.13 Å². The van der Waals surface area contributed by atoms with Gasteiger partial charge in [-0.05, 0) is 37.6 Å². The first-order chi connectivity index (χ1) is 16.7. The molecule has 0 saturated carbocycles. The second-order valence-electron chi connectivity index (χ2n) is 8.55. The Kier molecular flexibility index (Phi) is 5.64. The predicted molar refractivity (Wildman–Crippen MR) is 128 cm³/mol. The van der Waals surface area contributed by atoms with Crippen molar-refractivity contribution in [2.24, 2.45) is 5.92 Å². The Bertz CT molecular complexity index is 1520. The summed E-state index contributed by atoms with van der Waals surface area (Å²) in [4.78, 5) is 51.6. The van der Waals surface area contributed by atoms with E-state index in [1.165, 1.54) is 22.1 Å². The van der Waals surface area contributed by atoms with Crippen molar-refractivity contribution in [1.29, 1.82) is 0 Å². The molecule has 1 N–H and O–H groups in total. The zero-order valence-electron chi connectivity index (χ0n) is 18.9. The van der Waals surface area contributed by atoms with Gasteiger partial charge in [0.25, 0.3) is 0 Å². The molecule has 5 heterocycles. The van der Waals surface area contributed by atoms with Crippen LogP contribution in [0.15, 0.2) is 40.8 Å². The lowest BCUT2D eigenvalue weighted by Crippen LogP contribution is -2.51. The molecule has 11 heteroatoms. The highest BCUT2D eigenvalue weighted by Crippen LogP contribution is 2.29. The molecule has 0 bridgehead atoms. The number of fused-ring (bicyclic) bond motifs is 1. The van der Waals surface area contributed by atoms with Crippen LogP contribution in [0.3, 0.4) is 0 Å². The van der Waals surface area contributed by atoms with Gasteiger partial charge in [0.05, 0.1) is 11.3 Å². The van der Waals surface area contributed by atoms with Gasteiger partial charge in [-0.15, -0.1) is 11.3 Å². The summed E-state index contributed by atoms with van der Waals surface area (Å²) in [5, 5.41) is 11.4. The number of hydrogen-bond donors (Lipinski definition) is 1. The normalized spacial score (nSPS) is 13.7. The van der Waals surface area contributed by atoms with Gasteiger partial charge in [-0.1, -0.05) is 0 Å². The Morgan fingerprint density at radius 1 is 1.20 bits per heavy atom. The number of hydrogen-bond acceptors (Lipinski definition) is 8. The lowest BCUT2D eigenvalue weighted by Gasteiger charge is -2.39. The standard InChI is InChI=1S/C24H20FN5O4S/c1-12-5-13(2)27-15(6-12)7-19(31)14-9-29(10-14)22-18(25)8-16-20(32)17(23(33)34)11-30(21(16)28-22)24-26-3-4-35-24/h3-6,8,11,14H,7,9-10H2,1-2H3,(H,33,34). The molecule has 0 aromatic carbocycles. The summed E-state index contributed by atoms with van der Waals surface area (Å²) in [6, 6.07) is 4.83. The average Bonchev–Trinajstić information content (AvgIpc) is 3.27. The second-order valence-corrected chi connectivity index (χ2v) is 9.42. The van der Waals surface area contributed by atoms with Gasteiger partial charge < -0.3 is 10.0 Å². The van der Waals surface area contributed by atoms with E-state index in [2.05, 4.69) is 15.0 Å². The Morgan fingerprint density at radius 2 is 1.97 bits per heavy atom. The Labute approximate surface area is 202 Å². The van der Waals surface area contributed by atoms with Crippen LogP contribution in [0, 0.1) is 25.6 Å². The number of carboxylic acids is 1. The Morgan fingerprint density at radius 3 is 2.63 bits per heavy atom. The number of carboxylic acid groups (broad SMARTS) is 1. The molecule has 1 fully saturated rings. The van der Waals surface area contributed by atoms with Crippen molar-refractivity contribution in [1.82, 2.24) is 19.5 Å². The number of Topliss-reactive ketones (excluding diaryl/α,β-unsaturated/α-hetero) is 1. The monoisotopic (exact) mass is 493 g/mol. The maximum atomic E-state index is 15.0. The van der Waals surface area contributed by atoms with Crippen LogP contribution in [0.25, 0.3) is 16.2 Å². The van der Waals surface area contributed by atoms with Gasteiger partial charge in [-0.25, -0.2) is 19.2 Å². The van der Waals surface area contributed by atoms with E-state index in [0.29, 0.717) is 10.8 Å². The van der Waals surface area contributed by atoms with Crippen LogP contribution in [0.2, 0.25) is 0 Å². The molecule has 0 unspecified atom stereocenters. The minimum absolute atomic E-state index is 0.00106. The van der Waals surface area contributed by atoms with E-state index in [-0.39, 0.29) is 48.1 Å². The molecule has 1 aliphatic rings. The van der Waals surface area contributed by atoms with E-state index in [1.54, 1.807) is 10.3 Å². The van der Waals surface area contributed by atoms with E-state index in [4.69, 9.17) is 0 Å². The zero-order chi connectivity index (χ0) is 24.9. The topological polar surface area (TPSA) is 118 Å². The van der Waals surface area contributed by atoms with Crippen LogP contribution in [-0.2, 0) is 11.2 Å². The number of aromatic nitrogens is 4. The minimum atomic E-state index is -1.42. The van der Waals surface area contributed by atoms with Crippen LogP contribution < -0.4 is 10.3 Å². The molecule has 35 heavy (non-hydrogen) atoms. The summed E-state index contributed by atoms with van der Waals surface area (Å²) in [5.74, 6) is -2.45. The highest BCUT2D eigenvalue weighted by molar-refractivity contribution is 7.12. The molecule has 4 aromatic heterocycles. The smallest absolute Gasteiger partial charge is 0.341 e. The van der Waals surface area contributed by atoms with E-state index < -0.39 is 22.8 Å². The fourth-order valence-corrected chi connectivity index (χ4v) is 4.88. The first kappa shape index (κ1) is 22.8. The third-order valence-corrected chi connectivity index (χ3v) is 6.68. The number of carbonyl (C=O) groups excluding carboxylic acids is 1. The summed E-state index contributed by atoms with van der Waals surface area (Å²) < 4.78 is 16.4. The van der Waals surface area contributed by atoms with Crippen molar-refractivity contribution < 1.29 is 19.1 Å². The first-order valence-corrected chi connectivity index (χ1v) is 11.7. The van der Waals surface area contributed by atoms with Crippen LogP contribution >= 0.6 is 11.3 Å². The summed E-state index contributed by atoms with van der Waals surface area (Å²) >= 11 is 1.22. The van der Waals surface area contributed by atoms with Crippen molar-refractivity contribution in [3.05, 3.63) is 74.5 Å². The fourth-order valence-electron chi connectivity index (χ4n) is 4.26. The largest absolute Gasteiger partial charge is 0.477 e. The number of aryl methyl sites for hydroxylation is 2. The molecule has 9 nitrogen and oxygen atoms in total. The van der Waals surface area contributed by atoms with Crippen LogP contribution in [-0.4, -0.2) is 49.5 Å². The molecule has 0 atom stereocenters. The van der Waals surface area contributed by atoms with Gasteiger partial charge in [0, 0.05) is 48.7 Å². The third kappa shape index (κ3) is 4.18. The van der Waals surface area contributed by atoms with Gasteiger partial charge in [0.15, 0.2) is 22.4 Å². The number of nitrogens with zero attached hydrogens (tertiary/aromatic N) is 5. The number of anilines is 1. The highest BCUT2D eigenvalue weighted by atomic mass is 32.1. The predicted octanol–water partition coefficient (Wildman–Crippen LogP) is 2.94. The quantitative estimate of drug-likeness (QED) is 0.436. The SMILES string of the molecule is Cc1cc(C)nc(CC(=O)C2CN(c3nc4c(cc3F)c(=O)c(C(=O)O)cn4-c3nccs3)C2)c1. The molecule has 1 saturated heterocycles. The third-order valence-electron chi connectivity index (χ3n) is 5.91. The highest BCUT2D eigenvalue weighted by Gasteiger charge is 2.35. The number of thiazole rings is 1. The van der Waals surface area contributed by atoms with E-state index in [1.807, 2.05) is 26.0 Å². The lowest BCUT2D eigenvalue weighted by atomic mass is 9.92. The number of ketones is 1. The molecule has 4 aromatic rings. The minimum Gasteiger partial charge on any atom is -0.477 e. The van der Waals surface area contributed by atoms with Gasteiger partial charge >= 0.3 is 5.97 Å². The average molecular weight is 494 g/mol. The summed E-state index contributed by atoms with van der Waals surface area (Å²) in [6.07, 6.45) is 2.89. The van der Waals surface area contributed by atoms with Crippen LogP contribution in [0.5, 0.6) is 0 Å². The van der Waals surface area contributed by atoms with Crippen molar-refractivity contribution in [2.45, 2.75) is 20.3 Å². The Balaban J connectivity index is 1.45. The molecule has 0 aliphatic carbocycles. The van der Waals surface area contributed by atoms with Crippen LogP contribution in [0.1, 0.15) is 27.3 Å². The van der Waals surface area contributed by atoms with E-state index in [0.717, 1.165) is 23.5 Å². The van der Waals surface area contributed by atoms with Gasteiger partial charge in [-0.2, -0.15) is 0 Å². The molecule has 1 aliphatic heterocycles. The van der Waals surface area contributed by atoms with E-state index in [9.17, 15) is 19.5 Å². The molecule has 178 valence electrons. The first-order valence-electron chi connectivity index (χ1n) is 10.8.